The predicted molar refractivity (Wildman–Crippen MR) is 86.9 cm³/mol. The second-order valence-electron chi connectivity index (χ2n) is 5.08. The molecule has 0 aromatic heterocycles. The molecule has 0 aromatic rings. The molecule has 0 saturated carbocycles. The zero-order valence-electron chi connectivity index (χ0n) is 13.2. The Hall–Kier alpha value is -0.791. The third-order valence-electron chi connectivity index (χ3n) is 3.09. The number of carboxylic acids is 1. The van der Waals surface area contributed by atoms with Crippen molar-refractivity contribution in [1.29, 1.82) is 0 Å². The molecule has 0 fully saturated rings. The van der Waals surface area contributed by atoms with Crippen LogP contribution in [0.25, 0.3) is 0 Å². The minimum absolute atomic E-state index is 0. The summed E-state index contributed by atoms with van der Waals surface area (Å²) in [6.45, 7) is 2.21. The van der Waals surface area contributed by atoms with Crippen LogP contribution in [0.1, 0.15) is 71.1 Å². The van der Waals surface area contributed by atoms with Crippen molar-refractivity contribution in [2.24, 2.45) is 0 Å². The minimum Gasteiger partial charge on any atom is -0.481 e. The Balaban J connectivity index is 0. The number of allylic oxidation sites excluding steroid dienone is 6. The van der Waals surface area contributed by atoms with Crippen molar-refractivity contribution < 1.29 is 27.0 Å². The van der Waals surface area contributed by atoms with Gasteiger partial charge in [-0.2, -0.15) is 0 Å². The van der Waals surface area contributed by atoms with Gasteiger partial charge in [-0.1, -0.05) is 75.5 Å². The predicted octanol–water partition coefficient (Wildman–Crippen LogP) is 5.66. The molecule has 125 valence electrons. The van der Waals surface area contributed by atoms with Crippen molar-refractivity contribution in [2.75, 3.05) is 0 Å². The molecule has 0 spiro atoms. The number of carbonyl (C=O) groups is 1. The molecule has 0 unspecified atom stereocenters. The summed E-state index contributed by atoms with van der Waals surface area (Å²) < 4.78 is 0. The van der Waals surface area contributed by atoms with Crippen LogP contribution >= 0.6 is 0 Å². The second kappa shape index (κ2) is 19.2. The van der Waals surface area contributed by atoms with Crippen molar-refractivity contribution in [3.8, 4) is 0 Å². The van der Waals surface area contributed by atoms with Gasteiger partial charge in [0.2, 0.25) is 0 Å². The molecule has 21 heavy (non-hydrogen) atoms. The summed E-state index contributed by atoms with van der Waals surface area (Å²) in [7, 11) is 0. The molecule has 0 aliphatic heterocycles. The largest absolute Gasteiger partial charge is 0.481 e. The van der Waals surface area contributed by atoms with Crippen LogP contribution < -0.4 is 0 Å². The number of rotatable bonds is 13. The minimum atomic E-state index is -0.677. The van der Waals surface area contributed by atoms with Gasteiger partial charge in [0.05, 0.1) is 0 Å². The van der Waals surface area contributed by atoms with Crippen LogP contribution in [0.4, 0.5) is 0 Å². The maximum Gasteiger partial charge on any atom is 0.303 e. The van der Waals surface area contributed by atoms with E-state index in [1.807, 2.05) is 0 Å². The summed E-state index contributed by atoms with van der Waals surface area (Å²) >= 11 is 0. The van der Waals surface area contributed by atoms with Crippen molar-refractivity contribution >= 4 is 5.97 Å². The maximum atomic E-state index is 10.3. The number of aliphatic carboxylic acids is 1. The molecule has 1 N–H and O–H groups in total. The number of unbranched alkanes of at least 4 members (excludes halogenated alkanes) is 7. The normalized spacial score (nSPS) is 11.5. The SMILES string of the molecule is CCCCC=CC=CC=CCCCCCCCC(=O)O.[Cu]. The molecule has 0 bridgehead atoms. The van der Waals surface area contributed by atoms with Gasteiger partial charge in [-0.15, -0.1) is 0 Å². The van der Waals surface area contributed by atoms with Gasteiger partial charge >= 0.3 is 5.97 Å². The Morgan fingerprint density at radius 3 is 1.90 bits per heavy atom. The van der Waals surface area contributed by atoms with E-state index in [4.69, 9.17) is 5.11 Å². The smallest absolute Gasteiger partial charge is 0.303 e. The molecule has 0 aliphatic rings. The Morgan fingerprint density at radius 2 is 1.33 bits per heavy atom. The summed E-state index contributed by atoms with van der Waals surface area (Å²) in [5, 5.41) is 8.50. The maximum absolute atomic E-state index is 10.3. The third-order valence-corrected chi connectivity index (χ3v) is 3.09. The average molecular weight is 342 g/mol. The van der Waals surface area contributed by atoms with Crippen LogP contribution in [0.15, 0.2) is 36.5 Å². The first-order valence-corrected chi connectivity index (χ1v) is 7.97. The Morgan fingerprint density at radius 1 is 0.810 bits per heavy atom. The first-order chi connectivity index (χ1) is 9.77. The van der Waals surface area contributed by atoms with Crippen LogP contribution in [0.3, 0.4) is 0 Å². The van der Waals surface area contributed by atoms with E-state index in [2.05, 4.69) is 43.4 Å². The first kappa shape index (κ1) is 22.5. The summed E-state index contributed by atoms with van der Waals surface area (Å²) in [4.78, 5) is 10.3. The number of carboxylic acid groups (broad SMARTS) is 1. The zero-order valence-corrected chi connectivity index (χ0v) is 14.1. The quantitative estimate of drug-likeness (QED) is 0.266. The molecule has 0 rings (SSSR count). The monoisotopic (exact) mass is 341 g/mol. The summed E-state index contributed by atoms with van der Waals surface area (Å²) in [6.07, 6.45) is 23.3. The number of hydrogen-bond acceptors (Lipinski definition) is 1. The van der Waals surface area contributed by atoms with Gasteiger partial charge in [-0.3, -0.25) is 4.79 Å². The molecular weight excluding hydrogens is 312 g/mol. The van der Waals surface area contributed by atoms with Crippen LogP contribution in [0.5, 0.6) is 0 Å². The van der Waals surface area contributed by atoms with E-state index in [0.29, 0.717) is 6.42 Å². The van der Waals surface area contributed by atoms with Crippen molar-refractivity contribution in [1.82, 2.24) is 0 Å². The summed E-state index contributed by atoms with van der Waals surface area (Å²) in [5.74, 6) is -0.677. The Kier molecular flexibility index (Phi) is 20.6. The van der Waals surface area contributed by atoms with Gasteiger partial charge in [0.15, 0.2) is 0 Å². The molecule has 2 nitrogen and oxygen atoms in total. The van der Waals surface area contributed by atoms with E-state index in [9.17, 15) is 4.79 Å². The van der Waals surface area contributed by atoms with Crippen LogP contribution in [0, 0.1) is 0 Å². The molecular formula is C18H30CuO2. The summed E-state index contributed by atoms with van der Waals surface area (Å²) in [5.41, 5.74) is 0. The molecule has 3 heteroatoms. The zero-order chi connectivity index (χ0) is 14.9. The molecule has 0 saturated heterocycles. The Bertz CT molecular complexity index is 306. The second-order valence-corrected chi connectivity index (χ2v) is 5.08. The van der Waals surface area contributed by atoms with E-state index < -0.39 is 5.97 Å². The fraction of sp³-hybridized carbons (Fsp3) is 0.611. The van der Waals surface area contributed by atoms with Gasteiger partial charge in [0.25, 0.3) is 0 Å². The fourth-order valence-corrected chi connectivity index (χ4v) is 1.87. The van der Waals surface area contributed by atoms with Crippen LogP contribution in [-0.2, 0) is 21.9 Å². The molecule has 0 amide bonds. The van der Waals surface area contributed by atoms with E-state index in [1.54, 1.807) is 0 Å². The average Bonchev–Trinajstić information content (AvgIpc) is 2.43. The topological polar surface area (TPSA) is 37.3 Å². The summed E-state index contributed by atoms with van der Waals surface area (Å²) in [6, 6.07) is 0. The van der Waals surface area contributed by atoms with E-state index in [1.165, 1.54) is 32.1 Å². The van der Waals surface area contributed by atoms with Crippen molar-refractivity contribution in [3.05, 3.63) is 36.5 Å². The molecule has 0 atom stereocenters. The van der Waals surface area contributed by atoms with Crippen LogP contribution in [-0.4, -0.2) is 11.1 Å². The van der Waals surface area contributed by atoms with Gasteiger partial charge in [0.1, 0.15) is 0 Å². The van der Waals surface area contributed by atoms with Gasteiger partial charge in [-0.05, 0) is 25.7 Å². The van der Waals surface area contributed by atoms with E-state index >= 15 is 0 Å². The van der Waals surface area contributed by atoms with Gasteiger partial charge in [0, 0.05) is 23.5 Å². The fourth-order valence-electron chi connectivity index (χ4n) is 1.87. The molecule has 0 heterocycles. The van der Waals surface area contributed by atoms with Crippen molar-refractivity contribution in [2.45, 2.75) is 71.1 Å². The molecule has 1 radical (unpaired) electrons. The molecule has 0 aliphatic carbocycles. The Labute approximate surface area is 140 Å². The van der Waals surface area contributed by atoms with E-state index in [0.717, 1.165) is 25.7 Å². The molecule has 0 aromatic carbocycles. The first-order valence-electron chi connectivity index (χ1n) is 7.97. The van der Waals surface area contributed by atoms with Crippen molar-refractivity contribution in [3.63, 3.8) is 0 Å². The number of hydrogen-bond donors (Lipinski definition) is 1. The van der Waals surface area contributed by atoms with Crippen LogP contribution in [0.2, 0.25) is 0 Å². The van der Waals surface area contributed by atoms with Gasteiger partial charge < -0.3 is 5.11 Å². The third kappa shape index (κ3) is 21.7. The standard InChI is InChI=1S/C18H30O2.Cu/c1-2-3-4-5-6-7-8-9-10-11-12-13-14-15-16-17-18(19)20;/h5-10H,2-4,11-17H2,1H3,(H,19,20);. The van der Waals surface area contributed by atoms with Gasteiger partial charge in [-0.25, -0.2) is 0 Å². The van der Waals surface area contributed by atoms with E-state index in [-0.39, 0.29) is 17.1 Å².